The van der Waals surface area contributed by atoms with Crippen molar-refractivity contribution in [1.82, 2.24) is 9.80 Å². The van der Waals surface area contributed by atoms with Gasteiger partial charge in [-0.15, -0.1) is 0 Å². The molecule has 1 N–H and O–H groups in total. The minimum Gasteiger partial charge on any atom is -0.468 e. The van der Waals surface area contributed by atoms with Crippen LogP contribution in [0.25, 0.3) is 0 Å². The van der Waals surface area contributed by atoms with Gasteiger partial charge < -0.3 is 14.6 Å². The monoisotopic (exact) mass is 383 g/mol. The number of nitrogens with zero attached hydrogens (tertiary/aromatic N) is 2. The predicted octanol–water partition coefficient (Wildman–Crippen LogP) is 3.12. The molecule has 6 nitrogen and oxygen atoms in total. The molecule has 2 aromatic rings. The standard InChI is InChI=1S/C17H19Cl2N3O3/c1-21(9-12-5-4-8-25-12)11-16(24)22(2)10-15(23)20-17-13(18)6-3-7-14(17)19/h3-8H,9-11H2,1-2H3,(H,20,23). The second-order valence-electron chi connectivity index (χ2n) is 5.65. The van der Waals surface area contributed by atoms with Crippen molar-refractivity contribution >= 4 is 40.7 Å². The van der Waals surface area contributed by atoms with Crippen molar-refractivity contribution in [3.05, 3.63) is 52.4 Å². The number of para-hydroxylation sites is 1. The van der Waals surface area contributed by atoms with Crippen LogP contribution < -0.4 is 5.32 Å². The summed E-state index contributed by atoms with van der Waals surface area (Å²) in [7, 11) is 3.37. The number of hydrogen-bond donors (Lipinski definition) is 1. The zero-order valence-corrected chi connectivity index (χ0v) is 15.5. The molecule has 0 unspecified atom stereocenters. The zero-order valence-electron chi connectivity index (χ0n) is 14.0. The summed E-state index contributed by atoms with van der Waals surface area (Å²) in [4.78, 5) is 27.5. The Kier molecular flexibility index (Phi) is 6.87. The lowest BCUT2D eigenvalue weighted by molar-refractivity contribution is -0.134. The van der Waals surface area contributed by atoms with Gasteiger partial charge in [0, 0.05) is 7.05 Å². The third-order valence-electron chi connectivity index (χ3n) is 3.44. The van der Waals surface area contributed by atoms with E-state index in [9.17, 15) is 9.59 Å². The Labute approximate surface area is 156 Å². The van der Waals surface area contributed by atoms with Crippen molar-refractivity contribution in [2.75, 3.05) is 32.5 Å². The van der Waals surface area contributed by atoms with E-state index in [-0.39, 0.29) is 24.9 Å². The molecule has 134 valence electrons. The number of nitrogens with one attached hydrogen (secondary N) is 1. The van der Waals surface area contributed by atoms with Crippen molar-refractivity contribution in [3.8, 4) is 0 Å². The third kappa shape index (κ3) is 5.77. The fourth-order valence-corrected chi connectivity index (χ4v) is 2.67. The molecule has 1 heterocycles. The van der Waals surface area contributed by atoms with Gasteiger partial charge >= 0.3 is 0 Å². The van der Waals surface area contributed by atoms with Crippen molar-refractivity contribution in [3.63, 3.8) is 0 Å². The molecule has 0 aliphatic heterocycles. The number of furan rings is 1. The Morgan fingerprint density at radius 2 is 1.76 bits per heavy atom. The number of amides is 2. The summed E-state index contributed by atoms with van der Waals surface area (Å²) in [6, 6.07) is 8.57. The number of anilines is 1. The molecule has 0 saturated carbocycles. The summed E-state index contributed by atoms with van der Waals surface area (Å²) >= 11 is 12.0. The van der Waals surface area contributed by atoms with Crippen LogP contribution in [0.4, 0.5) is 5.69 Å². The normalized spacial score (nSPS) is 10.8. The lowest BCUT2D eigenvalue weighted by Crippen LogP contribution is -2.40. The first kappa shape index (κ1) is 19.3. The minimum absolute atomic E-state index is 0.102. The van der Waals surface area contributed by atoms with Gasteiger partial charge in [0.15, 0.2) is 0 Å². The highest BCUT2D eigenvalue weighted by Gasteiger charge is 2.17. The smallest absolute Gasteiger partial charge is 0.244 e. The average molecular weight is 384 g/mol. The molecule has 0 atom stereocenters. The van der Waals surface area contributed by atoms with Gasteiger partial charge in [0.2, 0.25) is 11.8 Å². The summed E-state index contributed by atoms with van der Waals surface area (Å²) < 4.78 is 5.24. The summed E-state index contributed by atoms with van der Waals surface area (Å²) in [6.45, 7) is 0.570. The Bertz CT molecular complexity index is 714. The fourth-order valence-electron chi connectivity index (χ4n) is 2.18. The number of likely N-dealkylation sites (N-methyl/N-ethyl adjacent to an activating group) is 2. The molecular weight excluding hydrogens is 365 g/mol. The van der Waals surface area contributed by atoms with Gasteiger partial charge in [-0.05, 0) is 31.3 Å². The zero-order chi connectivity index (χ0) is 18.4. The Morgan fingerprint density at radius 1 is 1.08 bits per heavy atom. The first-order valence-corrected chi connectivity index (χ1v) is 8.31. The summed E-state index contributed by atoms with van der Waals surface area (Å²) in [5, 5.41) is 3.31. The van der Waals surface area contributed by atoms with E-state index in [0.717, 1.165) is 5.76 Å². The lowest BCUT2D eigenvalue weighted by atomic mass is 10.3. The molecule has 0 bridgehead atoms. The Morgan fingerprint density at radius 3 is 2.36 bits per heavy atom. The molecule has 1 aromatic heterocycles. The van der Waals surface area contributed by atoms with E-state index >= 15 is 0 Å². The van der Waals surface area contributed by atoms with Crippen molar-refractivity contribution in [2.45, 2.75) is 6.54 Å². The van der Waals surface area contributed by atoms with Gasteiger partial charge in [0.1, 0.15) is 5.76 Å². The summed E-state index contributed by atoms with van der Waals surface area (Å²) in [6.07, 6.45) is 1.58. The van der Waals surface area contributed by atoms with E-state index in [4.69, 9.17) is 27.6 Å². The maximum absolute atomic E-state index is 12.2. The number of carbonyl (C=O) groups excluding carboxylic acids is 2. The van der Waals surface area contributed by atoms with E-state index in [1.807, 2.05) is 6.07 Å². The highest BCUT2D eigenvalue weighted by atomic mass is 35.5. The first-order valence-electron chi connectivity index (χ1n) is 7.55. The molecule has 25 heavy (non-hydrogen) atoms. The molecule has 2 rings (SSSR count). The van der Waals surface area contributed by atoms with Gasteiger partial charge in [-0.2, -0.15) is 0 Å². The van der Waals surface area contributed by atoms with Crippen LogP contribution in [0.2, 0.25) is 10.0 Å². The molecule has 1 aromatic carbocycles. The van der Waals surface area contributed by atoms with Crippen LogP contribution in [0.1, 0.15) is 5.76 Å². The molecule has 0 radical (unpaired) electrons. The number of benzene rings is 1. The second kappa shape index (κ2) is 8.89. The first-order chi connectivity index (χ1) is 11.9. The molecule has 0 fully saturated rings. The van der Waals surface area contributed by atoms with Gasteiger partial charge in [0.25, 0.3) is 0 Å². The van der Waals surface area contributed by atoms with E-state index in [2.05, 4.69) is 5.32 Å². The second-order valence-corrected chi connectivity index (χ2v) is 6.46. The molecule has 0 spiro atoms. The number of hydrogen-bond acceptors (Lipinski definition) is 4. The van der Waals surface area contributed by atoms with Crippen LogP contribution in [0, 0.1) is 0 Å². The molecular formula is C17H19Cl2N3O3. The molecule has 0 aliphatic carbocycles. The van der Waals surface area contributed by atoms with Crippen molar-refractivity contribution in [2.24, 2.45) is 0 Å². The van der Waals surface area contributed by atoms with Crippen molar-refractivity contribution in [1.29, 1.82) is 0 Å². The van der Waals surface area contributed by atoms with Crippen LogP contribution in [-0.2, 0) is 16.1 Å². The SMILES string of the molecule is CN(CC(=O)N(C)CC(=O)Nc1c(Cl)cccc1Cl)Cc1ccco1. The molecule has 0 saturated heterocycles. The van der Waals surface area contributed by atoms with E-state index in [0.29, 0.717) is 22.3 Å². The summed E-state index contributed by atoms with van der Waals surface area (Å²) in [5.41, 5.74) is 0.339. The maximum atomic E-state index is 12.2. The number of carbonyl (C=O) groups is 2. The lowest BCUT2D eigenvalue weighted by Gasteiger charge is -2.21. The predicted molar refractivity (Wildman–Crippen MR) is 97.8 cm³/mol. The number of halogens is 2. The van der Waals surface area contributed by atoms with E-state index in [1.54, 1.807) is 49.5 Å². The highest BCUT2D eigenvalue weighted by Crippen LogP contribution is 2.29. The van der Waals surface area contributed by atoms with E-state index < -0.39 is 0 Å². The molecule has 8 heteroatoms. The fraction of sp³-hybridized carbons (Fsp3) is 0.294. The highest BCUT2D eigenvalue weighted by molar-refractivity contribution is 6.39. The van der Waals surface area contributed by atoms with Crippen LogP contribution in [0.3, 0.4) is 0 Å². The minimum atomic E-state index is -0.375. The summed E-state index contributed by atoms with van der Waals surface area (Å²) in [5.74, 6) is 0.207. The van der Waals surface area contributed by atoms with Gasteiger partial charge in [0.05, 0.1) is 41.6 Å². The average Bonchev–Trinajstić information content (AvgIpc) is 3.03. The Balaban J connectivity index is 1.84. The van der Waals surface area contributed by atoms with Crippen molar-refractivity contribution < 1.29 is 14.0 Å². The van der Waals surface area contributed by atoms with Gasteiger partial charge in [-0.1, -0.05) is 29.3 Å². The maximum Gasteiger partial charge on any atom is 0.244 e. The third-order valence-corrected chi connectivity index (χ3v) is 4.07. The van der Waals surface area contributed by atoms with Gasteiger partial charge in [-0.3, -0.25) is 14.5 Å². The quantitative estimate of drug-likeness (QED) is 0.797. The van der Waals surface area contributed by atoms with Crippen LogP contribution in [0.15, 0.2) is 41.0 Å². The number of rotatable bonds is 7. The van der Waals surface area contributed by atoms with Gasteiger partial charge in [-0.25, -0.2) is 0 Å². The molecule has 0 aliphatic rings. The Hall–Kier alpha value is -2.02. The van der Waals surface area contributed by atoms with Crippen LogP contribution in [0.5, 0.6) is 0 Å². The molecule has 2 amide bonds. The van der Waals surface area contributed by atoms with E-state index in [1.165, 1.54) is 4.90 Å². The van der Waals surface area contributed by atoms with Crippen LogP contribution in [-0.4, -0.2) is 48.8 Å². The largest absolute Gasteiger partial charge is 0.468 e. The topological polar surface area (TPSA) is 65.8 Å². The van der Waals surface area contributed by atoms with Crippen LogP contribution >= 0.6 is 23.2 Å².